The van der Waals surface area contributed by atoms with Crippen molar-refractivity contribution in [3.05, 3.63) is 120 Å². The van der Waals surface area contributed by atoms with Gasteiger partial charge in [-0.15, -0.1) is 0 Å². The molecule has 2 heteroatoms. The second-order valence-electron chi connectivity index (χ2n) is 10.5. The van der Waals surface area contributed by atoms with Crippen LogP contribution in [-0.2, 0) is 0 Å². The van der Waals surface area contributed by atoms with E-state index >= 15 is 0 Å². The van der Waals surface area contributed by atoms with Crippen molar-refractivity contribution >= 4 is 65.2 Å². The minimum atomic E-state index is 1.05. The average molecular weight is 479 g/mol. The van der Waals surface area contributed by atoms with Crippen molar-refractivity contribution in [1.29, 1.82) is 0 Å². The van der Waals surface area contributed by atoms with E-state index in [2.05, 4.69) is 109 Å². The number of fused-ring (bicyclic) bond motifs is 13. The second kappa shape index (κ2) is 6.42. The first-order chi connectivity index (χ1) is 18.8. The Morgan fingerprint density at radius 1 is 0.342 bits per heavy atom. The lowest BCUT2D eigenvalue weighted by Gasteiger charge is -2.17. The van der Waals surface area contributed by atoms with Crippen molar-refractivity contribution in [2.75, 3.05) is 0 Å². The summed E-state index contributed by atoms with van der Waals surface area (Å²) in [4.78, 5) is 10.4. The smallest absolute Gasteiger partial charge is 0.0801 e. The molecule has 0 unspecified atom stereocenters. The molecule has 172 valence electrons. The lowest BCUT2D eigenvalue weighted by Crippen LogP contribution is -2.07. The maximum absolute atomic E-state index is 5.24. The van der Waals surface area contributed by atoms with Gasteiger partial charge in [-0.3, -0.25) is 0 Å². The van der Waals surface area contributed by atoms with Gasteiger partial charge in [0.25, 0.3) is 0 Å². The normalized spacial score (nSPS) is 13.2. The largest absolute Gasteiger partial charge is 0.247 e. The molecule has 0 saturated carbocycles. The van der Waals surface area contributed by atoms with Crippen molar-refractivity contribution in [3.8, 4) is 22.3 Å². The van der Waals surface area contributed by atoms with E-state index in [1.807, 2.05) is 0 Å². The van der Waals surface area contributed by atoms with Crippen molar-refractivity contribution in [2.24, 2.45) is 9.98 Å². The summed E-state index contributed by atoms with van der Waals surface area (Å²) in [6.07, 6.45) is 0. The Kier molecular flexibility index (Phi) is 3.23. The van der Waals surface area contributed by atoms with E-state index in [1.54, 1.807) is 0 Å². The second-order valence-corrected chi connectivity index (χ2v) is 10.5. The maximum Gasteiger partial charge on any atom is 0.0801 e. The fourth-order valence-electron chi connectivity index (χ4n) is 7.11. The number of hydrogen-bond acceptors (Lipinski definition) is 2. The molecule has 0 aliphatic carbocycles. The van der Waals surface area contributed by atoms with Gasteiger partial charge < -0.3 is 0 Å². The highest BCUT2D eigenvalue weighted by atomic mass is 14.8. The fourth-order valence-corrected chi connectivity index (χ4v) is 7.11. The molecule has 2 aliphatic heterocycles. The first kappa shape index (κ1) is 19.1. The van der Waals surface area contributed by atoms with Crippen LogP contribution in [0.4, 0.5) is 11.4 Å². The van der Waals surface area contributed by atoms with Gasteiger partial charge in [0, 0.05) is 38.4 Å². The molecule has 0 bridgehead atoms. The zero-order valence-corrected chi connectivity index (χ0v) is 20.3. The van der Waals surface area contributed by atoms with E-state index in [9.17, 15) is 0 Å². The summed E-state index contributed by atoms with van der Waals surface area (Å²) in [6.45, 7) is 0. The van der Waals surface area contributed by atoms with Gasteiger partial charge in [0.1, 0.15) is 0 Å². The quantitative estimate of drug-likeness (QED) is 0.154. The topological polar surface area (TPSA) is 24.7 Å². The van der Waals surface area contributed by atoms with E-state index in [4.69, 9.17) is 9.98 Å². The molecule has 38 heavy (non-hydrogen) atoms. The first-order valence-electron chi connectivity index (χ1n) is 13.1. The molecule has 0 fully saturated rings. The molecule has 0 atom stereocenters. The van der Waals surface area contributed by atoms with Crippen LogP contribution in [0.25, 0.3) is 76.1 Å². The fraction of sp³-hybridized carbons (Fsp3) is 0. The van der Waals surface area contributed by atoms with Crippen molar-refractivity contribution in [2.45, 2.75) is 0 Å². The molecule has 0 amide bonds. The molecule has 2 heterocycles. The van der Waals surface area contributed by atoms with Crippen LogP contribution in [0.1, 0.15) is 0 Å². The minimum Gasteiger partial charge on any atom is -0.247 e. The number of nitrogens with zero attached hydrogens (tertiary/aromatic N) is 2. The third kappa shape index (κ3) is 2.13. The first-order valence-corrected chi connectivity index (χ1v) is 13.1. The van der Waals surface area contributed by atoms with Gasteiger partial charge >= 0.3 is 0 Å². The molecule has 0 saturated heterocycles. The van der Waals surface area contributed by atoms with Gasteiger partial charge in [0.2, 0.25) is 0 Å². The van der Waals surface area contributed by atoms with Crippen LogP contribution in [-0.4, -0.2) is 0 Å². The molecule has 10 rings (SSSR count). The average Bonchev–Trinajstić information content (AvgIpc) is 3.54. The van der Waals surface area contributed by atoms with Crippen molar-refractivity contribution < 1.29 is 0 Å². The Morgan fingerprint density at radius 3 is 1.76 bits per heavy atom. The standard InChI is InChI=1S/C36H18N2/c1-3-10-29-21(7-1)26-16-15-25-28(35(26)37-29)18-20-13-12-19-6-5-9-23-24-14-17-27-22-8-2-4-11-30(22)38-36(27)34(24)33(25)32(20)31(19)23/h1-18H. The predicted molar refractivity (Wildman–Crippen MR) is 158 cm³/mol. The van der Waals surface area contributed by atoms with E-state index in [0.29, 0.717) is 0 Å². The van der Waals surface area contributed by atoms with Gasteiger partial charge in [-0.2, -0.15) is 0 Å². The molecule has 0 N–H and O–H groups in total. The number of para-hydroxylation sites is 2. The highest BCUT2D eigenvalue weighted by Gasteiger charge is 2.23. The van der Waals surface area contributed by atoms with Crippen molar-refractivity contribution in [3.63, 3.8) is 0 Å². The Hall–Kier alpha value is -5.08. The van der Waals surface area contributed by atoms with Crippen molar-refractivity contribution in [1.82, 2.24) is 0 Å². The summed E-state index contributed by atoms with van der Waals surface area (Å²) in [5.74, 6) is 0. The zero-order valence-electron chi connectivity index (χ0n) is 20.3. The highest BCUT2D eigenvalue weighted by molar-refractivity contribution is 6.39. The molecule has 2 aliphatic rings. The third-order valence-corrected chi connectivity index (χ3v) is 8.69. The SMILES string of the molecule is c1ccc2c(c1)N=c1c-2ccc2c1cc1ccc3cccc4c5ccc6c(c5c2c1c34)=Nc1ccccc1-6. The number of rotatable bonds is 0. The maximum atomic E-state index is 5.24. The predicted octanol–water partition coefficient (Wildman–Crippen LogP) is 8.75. The third-order valence-electron chi connectivity index (χ3n) is 8.69. The van der Waals surface area contributed by atoms with Crippen LogP contribution in [0.2, 0.25) is 0 Å². The summed E-state index contributed by atoms with van der Waals surface area (Å²) < 4.78 is 0. The van der Waals surface area contributed by atoms with E-state index in [0.717, 1.165) is 22.1 Å². The van der Waals surface area contributed by atoms with Gasteiger partial charge in [-0.05, 0) is 55.9 Å². The summed E-state index contributed by atoms with van der Waals surface area (Å²) in [5, 5.41) is 14.9. The number of benzene rings is 8. The van der Waals surface area contributed by atoms with Crippen LogP contribution < -0.4 is 10.7 Å². The molecular weight excluding hydrogens is 460 g/mol. The van der Waals surface area contributed by atoms with Gasteiger partial charge in [0.15, 0.2) is 0 Å². The van der Waals surface area contributed by atoms with E-state index in [1.165, 1.54) is 76.1 Å². The minimum absolute atomic E-state index is 1.05. The Balaban J connectivity index is 1.53. The summed E-state index contributed by atoms with van der Waals surface area (Å²) in [6, 6.07) is 39.7. The summed E-state index contributed by atoms with van der Waals surface area (Å²) in [5.41, 5.74) is 6.96. The molecule has 0 aromatic heterocycles. The summed E-state index contributed by atoms with van der Waals surface area (Å²) in [7, 11) is 0. The number of hydrogen-bond donors (Lipinski definition) is 0. The molecule has 0 radical (unpaired) electrons. The molecule has 0 spiro atoms. The van der Waals surface area contributed by atoms with Crippen LogP contribution in [0.15, 0.2) is 119 Å². The molecule has 2 nitrogen and oxygen atoms in total. The molecule has 8 aromatic rings. The van der Waals surface area contributed by atoms with Gasteiger partial charge in [-0.1, -0.05) is 91.0 Å². The lowest BCUT2D eigenvalue weighted by molar-refractivity contribution is 1.45. The molecule has 8 aromatic carbocycles. The van der Waals surface area contributed by atoms with Crippen LogP contribution in [0, 0.1) is 0 Å². The van der Waals surface area contributed by atoms with E-state index < -0.39 is 0 Å². The summed E-state index contributed by atoms with van der Waals surface area (Å²) >= 11 is 0. The van der Waals surface area contributed by atoms with Crippen LogP contribution >= 0.6 is 0 Å². The monoisotopic (exact) mass is 478 g/mol. The van der Waals surface area contributed by atoms with E-state index in [-0.39, 0.29) is 0 Å². The Morgan fingerprint density at radius 2 is 0.974 bits per heavy atom. The lowest BCUT2D eigenvalue weighted by atomic mass is 9.85. The Labute approximate surface area is 217 Å². The van der Waals surface area contributed by atoms with Crippen LogP contribution in [0.3, 0.4) is 0 Å². The van der Waals surface area contributed by atoms with Gasteiger partial charge in [-0.25, -0.2) is 9.98 Å². The van der Waals surface area contributed by atoms with Crippen LogP contribution in [0.5, 0.6) is 0 Å². The zero-order chi connectivity index (χ0) is 24.5. The highest BCUT2D eigenvalue weighted by Crippen LogP contribution is 2.45. The van der Waals surface area contributed by atoms with Gasteiger partial charge in [0.05, 0.1) is 22.1 Å². The Bertz CT molecular complexity index is 2500. The molecular formula is C36H18N2.